The normalized spacial score (nSPS) is 18.8. The van der Waals surface area contributed by atoms with Crippen molar-refractivity contribution in [3.05, 3.63) is 24.0 Å². The van der Waals surface area contributed by atoms with Gasteiger partial charge in [0.15, 0.2) is 11.6 Å². The van der Waals surface area contributed by atoms with Gasteiger partial charge in [0, 0.05) is 25.7 Å². The van der Waals surface area contributed by atoms with Crippen molar-refractivity contribution < 1.29 is 18.7 Å². The predicted molar refractivity (Wildman–Crippen MR) is 87.6 cm³/mol. The molecule has 2 rings (SSSR count). The minimum Gasteiger partial charge on any atom is -0.492 e. The lowest BCUT2D eigenvalue weighted by atomic mass is 10.1. The van der Waals surface area contributed by atoms with Crippen LogP contribution in [-0.4, -0.2) is 49.4 Å². The van der Waals surface area contributed by atoms with Crippen LogP contribution in [0, 0.1) is 5.82 Å². The number of para-hydroxylation sites is 1. The highest BCUT2D eigenvalue weighted by Crippen LogP contribution is 2.33. The summed E-state index contributed by atoms with van der Waals surface area (Å²) in [7, 11) is 1.46. The molecule has 23 heavy (non-hydrogen) atoms. The fourth-order valence-corrected chi connectivity index (χ4v) is 2.73. The number of hydrogen-bond donors (Lipinski definition) is 0. The molecule has 1 aliphatic rings. The number of halogens is 1. The number of anilines is 1. The first-order chi connectivity index (χ1) is 10.7. The number of methoxy groups -OCH3 is 1. The van der Waals surface area contributed by atoms with Crippen molar-refractivity contribution in [2.24, 2.45) is 0 Å². The quantitative estimate of drug-likeness (QED) is 0.837. The average Bonchev–Trinajstić information content (AvgIpc) is 2.45. The number of carbonyl (C=O) groups excluding carboxylic acids is 1. The number of amides is 1. The van der Waals surface area contributed by atoms with Crippen molar-refractivity contribution in [2.45, 2.75) is 39.3 Å². The Morgan fingerprint density at radius 2 is 2.00 bits per heavy atom. The summed E-state index contributed by atoms with van der Waals surface area (Å²) in [4.78, 5) is 15.9. The Balaban J connectivity index is 2.11. The zero-order valence-electron chi connectivity index (χ0n) is 14.4. The van der Waals surface area contributed by atoms with E-state index >= 15 is 0 Å². The maximum Gasteiger partial charge on any atom is 0.410 e. The molecule has 1 saturated heterocycles. The number of piperazine rings is 1. The van der Waals surface area contributed by atoms with Gasteiger partial charge < -0.3 is 19.3 Å². The molecule has 1 aliphatic heterocycles. The first kappa shape index (κ1) is 17.4. The second-order valence-corrected chi connectivity index (χ2v) is 6.76. The fourth-order valence-electron chi connectivity index (χ4n) is 2.73. The van der Waals surface area contributed by atoms with E-state index in [9.17, 15) is 9.18 Å². The smallest absolute Gasteiger partial charge is 0.410 e. The second-order valence-electron chi connectivity index (χ2n) is 6.76. The van der Waals surface area contributed by atoms with Crippen molar-refractivity contribution in [1.82, 2.24) is 4.90 Å². The Morgan fingerprint density at radius 1 is 1.30 bits per heavy atom. The number of hydrogen-bond acceptors (Lipinski definition) is 4. The molecule has 0 bridgehead atoms. The molecule has 0 radical (unpaired) electrons. The highest BCUT2D eigenvalue weighted by molar-refractivity contribution is 5.69. The van der Waals surface area contributed by atoms with E-state index in [1.54, 1.807) is 11.0 Å². The Hall–Kier alpha value is -1.98. The van der Waals surface area contributed by atoms with Crippen molar-refractivity contribution >= 4 is 11.8 Å². The van der Waals surface area contributed by atoms with Crippen LogP contribution in [0.2, 0.25) is 0 Å². The number of nitrogens with zero attached hydrogens (tertiary/aromatic N) is 2. The number of benzene rings is 1. The van der Waals surface area contributed by atoms with Gasteiger partial charge in [0.25, 0.3) is 0 Å². The van der Waals surface area contributed by atoms with E-state index in [1.165, 1.54) is 13.2 Å². The summed E-state index contributed by atoms with van der Waals surface area (Å²) in [5.41, 5.74) is 0.201. The van der Waals surface area contributed by atoms with Gasteiger partial charge in [-0.15, -0.1) is 0 Å². The Labute approximate surface area is 137 Å². The van der Waals surface area contributed by atoms with E-state index in [2.05, 4.69) is 4.90 Å². The molecule has 1 atom stereocenters. The van der Waals surface area contributed by atoms with Crippen LogP contribution in [0.15, 0.2) is 18.2 Å². The first-order valence-electron chi connectivity index (χ1n) is 7.80. The van der Waals surface area contributed by atoms with Gasteiger partial charge in [0.2, 0.25) is 0 Å². The molecule has 0 saturated carbocycles. The SMILES string of the molecule is COc1c(F)cccc1N1CCN(C(=O)OC(C)(C)C)CC1C. The molecule has 0 aliphatic carbocycles. The van der Waals surface area contributed by atoms with Crippen LogP contribution in [0.3, 0.4) is 0 Å². The van der Waals surface area contributed by atoms with Crippen molar-refractivity contribution in [1.29, 1.82) is 0 Å². The number of rotatable bonds is 2. The lowest BCUT2D eigenvalue weighted by Gasteiger charge is -2.41. The third-order valence-corrected chi connectivity index (χ3v) is 3.74. The summed E-state index contributed by atoms with van der Waals surface area (Å²) in [6.07, 6.45) is -0.310. The van der Waals surface area contributed by atoms with Gasteiger partial charge in [-0.2, -0.15) is 0 Å². The zero-order valence-corrected chi connectivity index (χ0v) is 14.4. The van der Waals surface area contributed by atoms with Crippen molar-refractivity contribution in [3.63, 3.8) is 0 Å². The summed E-state index contributed by atoms with van der Waals surface area (Å²) in [5, 5.41) is 0. The lowest BCUT2D eigenvalue weighted by molar-refractivity contribution is 0.0218. The molecule has 1 aromatic rings. The molecule has 1 fully saturated rings. The summed E-state index contributed by atoms with van der Waals surface area (Å²) in [6.45, 7) is 9.20. The predicted octanol–water partition coefficient (Wildman–Crippen LogP) is 3.28. The van der Waals surface area contributed by atoms with Crippen molar-refractivity contribution in [3.8, 4) is 5.75 Å². The van der Waals surface area contributed by atoms with E-state index in [0.29, 0.717) is 25.3 Å². The molecule has 0 N–H and O–H groups in total. The first-order valence-corrected chi connectivity index (χ1v) is 7.80. The third-order valence-electron chi connectivity index (χ3n) is 3.74. The van der Waals surface area contributed by atoms with Gasteiger partial charge in [-0.3, -0.25) is 0 Å². The minimum absolute atomic E-state index is 0.0342. The van der Waals surface area contributed by atoms with Gasteiger partial charge in [0.1, 0.15) is 5.60 Å². The monoisotopic (exact) mass is 324 g/mol. The zero-order chi connectivity index (χ0) is 17.2. The Morgan fingerprint density at radius 3 is 2.57 bits per heavy atom. The second kappa shape index (κ2) is 6.64. The maximum absolute atomic E-state index is 13.9. The molecule has 5 nitrogen and oxygen atoms in total. The standard InChI is InChI=1S/C17H25FN2O3/c1-12-11-19(16(21)23-17(2,3)4)9-10-20(12)14-8-6-7-13(18)15(14)22-5/h6-8,12H,9-11H2,1-5H3. The van der Waals surface area contributed by atoms with Crippen molar-refractivity contribution in [2.75, 3.05) is 31.6 Å². The number of carbonyl (C=O) groups is 1. The third kappa shape index (κ3) is 4.06. The van der Waals surface area contributed by atoms with Crippen LogP contribution in [0.1, 0.15) is 27.7 Å². The topological polar surface area (TPSA) is 42.0 Å². The summed E-state index contributed by atoms with van der Waals surface area (Å²) >= 11 is 0. The highest BCUT2D eigenvalue weighted by atomic mass is 19.1. The number of ether oxygens (including phenoxy) is 2. The molecular weight excluding hydrogens is 299 g/mol. The van der Waals surface area contributed by atoms with Crippen LogP contribution >= 0.6 is 0 Å². The summed E-state index contributed by atoms with van der Waals surface area (Å²) < 4.78 is 24.5. The van der Waals surface area contributed by atoms with Crippen LogP contribution in [-0.2, 0) is 4.74 Å². The minimum atomic E-state index is -0.511. The van der Waals surface area contributed by atoms with Gasteiger partial charge >= 0.3 is 6.09 Å². The highest BCUT2D eigenvalue weighted by Gasteiger charge is 2.31. The van der Waals surface area contributed by atoms with E-state index in [4.69, 9.17) is 9.47 Å². The van der Waals surface area contributed by atoms with E-state index in [-0.39, 0.29) is 23.7 Å². The van der Waals surface area contributed by atoms with Crippen LogP contribution in [0.5, 0.6) is 5.75 Å². The fraction of sp³-hybridized carbons (Fsp3) is 0.588. The van der Waals surface area contributed by atoms with Crippen LogP contribution in [0.25, 0.3) is 0 Å². The average molecular weight is 324 g/mol. The molecule has 0 aromatic heterocycles. The Kier molecular flexibility index (Phi) is 5.02. The molecule has 0 spiro atoms. The van der Waals surface area contributed by atoms with Gasteiger partial charge in [-0.25, -0.2) is 9.18 Å². The Bertz CT molecular complexity index is 571. The lowest BCUT2D eigenvalue weighted by Crippen LogP contribution is -2.54. The molecule has 1 amide bonds. The molecular formula is C17H25FN2O3. The molecule has 128 valence electrons. The van der Waals surface area contributed by atoms with Gasteiger partial charge in [-0.1, -0.05) is 6.07 Å². The van der Waals surface area contributed by atoms with E-state index in [1.807, 2.05) is 33.8 Å². The van der Waals surface area contributed by atoms with Crippen LogP contribution < -0.4 is 9.64 Å². The molecule has 1 heterocycles. The molecule has 1 aromatic carbocycles. The van der Waals surface area contributed by atoms with E-state index < -0.39 is 5.60 Å². The summed E-state index contributed by atoms with van der Waals surface area (Å²) in [6, 6.07) is 4.91. The molecule has 6 heteroatoms. The largest absolute Gasteiger partial charge is 0.492 e. The van der Waals surface area contributed by atoms with Crippen LogP contribution in [0.4, 0.5) is 14.9 Å². The van der Waals surface area contributed by atoms with E-state index in [0.717, 1.165) is 0 Å². The van der Waals surface area contributed by atoms with Gasteiger partial charge in [0.05, 0.1) is 12.8 Å². The summed E-state index contributed by atoms with van der Waals surface area (Å²) in [5.74, 6) is -0.142. The van der Waals surface area contributed by atoms with Gasteiger partial charge in [-0.05, 0) is 39.8 Å². The molecule has 1 unspecified atom stereocenters. The maximum atomic E-state index is 13.9.